The molecule has 0 aliphatic heterocycles. The number of anilines is 2. The monoisotopic (exact) mass is 451 g/mol. The topological polar surface area (TPSA) is 66.5 Å². The molecule has 0 saturated heterocycles. The minimum Gasteiger partial charge on any atom is -0.339 e. The maximum absolute atomic E-state index is 13.6. The van der Waals surface area contributed by atoms with Crippen LogP contribution in [0.15, 0.2) is 84.5 Å². The number of nitrogens with zero attached hydrogens (tertiary/aromatic N) is 3. The van der Waals surface area contributed by atoms with E-state index in [4.69, 9.17) is 0 Å². The van der Waals surface area contributed by atoms with Gasteiger partial charge in [0.1, 0.15) is 12.1 Å². The van der Waals surface area contributed by atoms with Crippen LogP contribution in [0, 0.1) is 5.82 Å². The van der Waals surface area contributed by atoms with Crippen LogP contribution in [0.3, 0.4) is 0 Å². The summed E-state index contributed by atoms with van der Waals surface area (Å²) >= 11 is 1.62. The van der Waals surface area contributed by atoms with E-state index in [-0.39, 0.29) is 5.82 Å². The quantitative estimate of drug-likeness (QED) is 0.306. The Bertz CT molecular complexity index is 1590. The smallest absolute Gasteiger partial charge is 0.151 e. The SMILES string of the molecule is Fc1cccc(Cc2[nH]nc3ccc(Nc4ncnc5c(-c6ccccc6)csc45)cc23)c1. The fourth-order valence-corrected chi connectivity index (χ4v) is 5.00. The fraction of sp³-hybridized carbons (Fsp3) is 0.0385. The maximum Gasteiger partial charge on any atom is 0.151 e. The molecule has 0 bridgehead atoms. The van der Waals surface area contributed by atoms with Gasteiger partial charge in [-0.25, -0.2) is 14.4 Å². The molecule has 5 nitrogen and oxygen atoms in total. The zero-order chi connectivity index (χ0) is 22.2. The molecule has 3 aromatic heterocycles. The van der Waals surface area contributed by atoms with Crippen molar-refractivity contribution < 1.29 is 4.39 Å². The third kappa shape index (κ3) is 3.72. The first kappa shape index (κ1) is 19.6. The van der Waals surface area contributed by atoms with Crippen LogP contribution < -0.4 is 5.32 Å². The Labute approximate surface area is 193 Å². The summed E-state index contributed by atoms with van der Waals surface area (Å²) < 4.78 is 14.6. The minimum absolute atomic E-state index is 0.239. The summed E-state index contributed by atoms with van der Waals surface area (Å²) in [6, 6.07) is 22.9. The number of benzene rings is 3. The van der Waals surface area contributed by atoms with E-state index in [1.807, 2.05) is 42.5 Å². The largest absolute Gasteiger partial charge is 0.339 e. The standard InChI is InChI=1S/C26H18FN5S/c27-18-8-4-5-16(11-18)12-23-20-13-19(9-10-22(20)31-32-23)30-26-25-24(28-15-29-26)21(14-33-25)17-6-2-1-3-7-17/h1-11,13-15H,12H2,(H,31,32)(H,28,29,30). The van der Waals surface area contributed by atoms with Crippen molar-refractivity contribution >= 4 is 44.0 Å². The number of H-pyrrole nitrogens is 1. The Hall–Kier alpha value is -4.10. The van der Waals surface area contributed by atoms with Gasteiger partial charge in [0.15, 0.2) is 5.82 Å². The first-order valence-corrected chi connectivity index (χ1v) is 11.4. The van der Waals surface area contributed by atoms with Crippen molar-refractivity contribution in [2.24, 2.45) is 0 Å². The second-order valence-corrected chi connectivity index (χ2v) is 8.66. The normalized spacial score (nSPS) is 11.3. The number of fused-ring (bicyclic) bond motifs is 2. The molecule has 33 heavy (non-hydrogen) atoms. The van der Waals surface area contributed by atoms with Crippen molar-refractivity contribution in [3.8, 4) is 11.1 Å². The summed E-state index contributed by atoms with van der Waals surface area (Å²) in [5, 5.41) is 14.1. The molecule has 0 spiro atoms. The van der Waals surface area contributed by atoms with E-state index in [9.17, 15) is 4.39 Å². The van der Waals surface area contributed by atoms with E-state index in [1.54, 1.807) is 29.8 Å². The Balaban J connectivity index is 1.35. The number of hydrogen-bond acceptors (Lipinski definition) is 5. The van der Waals surface area contributed by atoms with E-state index < -0.39 is 0 Å². The second kappa shape index (κ2) is 8.11. The Morgan fingerprint density at radius 1 is 0.939 bits per heavy atom. The summed E-state index contributed by atoms with van der Waals surface area (Å²) in [5.74, 6) is 0.527. The fourth-order valence-electron chi connectivity index (χ4n) is 4.03. The van der Waals surface area contributed by atoms with Gasteiger partial charge in [0.25, 0.3) is 0 Å². The lowest BCUT2D eigenvalue weighted by Crippen LogP contribution is -1.95. The highest BCUT2D eigenvalue weighted by Crippen LogP contribution is 2.36. The number of nitrogens with one attached hydrogen (secondary N) is 2. The van der Waals surface area contributed by atoms with E-state index in [2.05, 4.69) is 43.0 Å². The number of hydrogen-bond donors (Lipinski definition) is 2. The lowest BCUT2D eigenvalue weighted by Gasteiger charge is -2.07. The Morgan fingerprint density at radius 3 is 2.73 bits per heavy atom. The third-order valence-electron chi connectivity index (χ3n) is 5.60. The lowest BCUT2D eigenvalue weighted by molar-refractivity contribution is 0.626. The van der Waals surface area contributed by atoms with Crippen LogP contribution in [-0.2, 0) is 6.42 Å². The average Bonchev–Trinajstić information content (AvgIpc) is 3.45. The number of aromatic nitrogens is 4. The zero-order valence-electron chi connectivity index (χ0n) is 17.4. The van der Waals surface area contributed by atoms with Gasteiger partial charge in [0.05, 0.1) is 15.7 Å². The van der Waals surface area contributed by atoms with Crippen LogP contribution in [-0.4, -0.2) is 20.2 Å². The van der Waals surface area contributed by atoms with Gasteiger partial charge in [-0.2, -0.15) is 5.10 Å². The highest BCUT2D eigenvalue weighted by molar-refractivity contribution is 7.18. The molecular weight excluding hydrogens is 433 g/mol. The maximum atomic E-state index is 13.6. The van der Waals surface area contributed by atoms with Crippen molar-refractivity contribution in [1.29, 1.82) is 0 Å². The first-order chi connectivity index (χ1) is 16.2. The van der Waals surface area contributed by atoms with Gasteiger partial charge in [-0.1, -0.05) is 42.5 Å². The molecule has 2 N–H and O–H groups in total. The Kier molecular flexibility index (Phi) is 4.81. The van der Waals surface area contributed by atoms with Gasteiger partial charge in [0.2, 0.25) is 0 Å². The molecule has 0 aliphatic rings. The zero-order valence-corrected chi connectivity index (χ0v) is 18.2. The molecule has 0 saturated carbocycles. The number of halogens is 1. The van der Waals surface area contributed by atoms with Gasteiger partial charge in [-0.15, -0.1) is 11.3 Å². The molecule has 6 rings (SSSR count). The van der Waals surface area contributed by atoms with E-state index in [1.165, 1.54) is 6.07 Å². The van der Waals surface area contributed by atoms with Crippen LogP contribution in [0.2, 0.25) is 0 Å². The van der Waals surface area contributed by atoms with Gasteiger partial charge in [-0.3, -0.25) is 5.10 Å². The molecule has 6 aromatic rings. The molecule has 3 heterocycles. The average molecular weight is 452 g/mol. The van der Waals surface area contributed by atoms with E-state index in [0.717, 1.165) is 55.0 Å². The molecule has 3 aromatic carbocycles. The molecule has 0 aliphatic carbocycles. The molecule has 0 unspecified atom stereocenters. The molecule has 0 radical (unpaired) electrons. The van der Waals surface area contributed by atoms with Crippen molar-refractivity contribution in [3.63, 3.8) is 0 Å². The number of rotatable bonds is 5. The van der Waals surface area contributed by atoms with Crippen molar-refractivity contribution in [3.05, 3.63) is 102 Å². The van der Waals surface area contributed by atoms with Crippen LogP contribution >= 0.6 is 11.3 Å². The highest BCUT2D eigenvalue weighted by Gasteiger charge is 2.13. The summed E-state index contributed by atoms with van der Waals surface area (Å²) in [6.07, 6.45) is 2.16. The number of thiophene rings is 1. The molecular formula is C26H18FN5S. The highest BCUT2D eigenvalue weighted by atomic mass is 32.1. The predicted molar refractivity (Wildman–Crippen MR) is 131 cm³/mol. The second-order valence-electron chi connectivity index (χ2n) is 7.78. The molecule has 0 fully saturated rings. The van der Waals surface area contributed by atoms with Crippen LogP contribution in [0.25, 0.3) is 32.2 Å². The van der Waals surface area contributed by atoms with Crippen molar-refractivity contribution in [2.75, 3.05) is 5.32 Å². The summed E-state index contributed by atoms with van der Waals surface area (Å²) in [7, 11) is 0. The van der Waals surface area contributed by atoms with Crippen molar-refractivity contribution in [1.82, 2.24) is 20.2 Å². The number of aromatic amines is 1. The van der Waals surface area contributed by atoms with Gasteiger partial charge >= 0.3 is 0 Å². The van der Waals surface area contributed by atoms with Gasteiger partial charge < -0.3 is 5.32 Å². The summed E-state index contributed by atoms with van der Waals surface area (Å²) in [5.41, 5.74) is 6.76. The minimum atomic E-state index is -0.239. The van der Waals surface area contributed by atoms with E-state index >= 15 is 0 Å². The van der Waals surface area contributed by atoms with Crippen LogP contribution in [0.1, 0.15) is 11.3 Å². The summed E-state index contributed by atoms with van der Waals surface area (Å²) in [6.45, 7) is 0. The molecule has 7 heteroatoms. The van der Waals surface area contributed by atoms with E-state index in [0.29, 0.717) is 6.42 Å². The molecule has 0 amide bonds. The lowest BCUT2D eigenvalue weighted by atomic mass is 10.1. The Morgan fingerprint density at radius 2 is 1.85 bits per heavy atom. The molecule has 0 atom stereocenters. The molecule has 160 valence electrons. The third-order valence-corrected chi connectivity index (χ3v) is 6.58. The summed E-state index contributed by atoms with van der Waals surface area (Å²) in [4.78, 5) is 9.04. The van der Waals surface area contributed by atoms with Crippen LogP contribution in [0.4, 0.5) is 15.9 Å². The first-order valence-electron chi connectivity index (χ1n) is 10.5. The van der Waals surface area contributed by atoms with Gasteiger partial charge in [0, 0.05) is 34.1 Å². The van der Waals surface area contributed by atoms with Gasteiger partial charge in [-0.05, 0) is 41.5 Å². The van der Waals surface area contributed by atoms with Crippen LogP contribution in [0.5, 0.6) is 0 Å². The van der Waals surface area contributed by atoms with Crippen molar-refractivity contribution in [2.45, 2.75) is 6.42 Å². The predicted octanol–water partition coefficient (Wildman–Crippen LogP) is 6.71.